The highest BCUT2D eigenvalue weighted by Crippen LogP contribution is 2.25. The number of halogens is 1. The van der Waals surface area contributed by atoms with Gasteiger partial charge in [0.1, 0.15) is 5.01 Å². The van der Waals surface area contributed by atoms with Gasteiger partial charge < -0.3 is 5.32 Å². The van der Waals surface area contributed by atoms with Gasteiger partial charge in [0.05, 0.1) is 6.04 Å². The van der Waals surface area contributed by atoms with Crippen LogP contribution in [0.5, 0.6) is 0 Å². The van der Waals surface area contributed by atoms with Gasteiger partial charge in [0.2, 0.25) is 0 Å². The summed E-state index contributed by atoms with van der Waals surface area (Å²) in [5.74, 6) is 0. The van der Waals surface area contributed by atoms with Crippen LogP contribution >= 0.6 is 22.9 Å². The summed E-state index contributed by atoms with van der Waals surface area (Å²) in [6, 6.07) is 8.05. The first kappa shape index (κ1) is 11.6. The molecule has 0 spiro atoms. The van der Waals surface area contributed by atoms with Gasteiger partial charge in [-0.15, -0.1) is 11.3 Å². The van der Waals surface area contributed by atoms with Crippen molar-refractivity contribution in [2.75, 3.05) is 6.54 Å². The van der Waals surface area contributed by atoms with Crippen LogP contribution in [0.2, 0.25) is 5.02 Å². The molecule has 1 N–H and O–H groups in total. The fourth-order valence-electron chi connectivity index (χ4n) is 1.62. The summed E-state index contributed by atoms with van der Waals surface area (Å²) >= 11 is 7.66. The normalized spacial score (nSPS) is 12.6. The predicted octanol–water partition coefficient (Wildman–Crippen LogP) is 3.50. The van der Waals surface area contributed by atoms with E-state index in [1.165, 1.54) is 0 Å². The molecule has 0 saturated heterocycles. The largest absolute Gasteiger partial charge is 0.305 e. The van der Waals surface area contributed by atoms with Crippen molar-refractivity contribution in [1.29, 1.82) is 0 Å². The van der Waals surface area contributed by atoms with E-state index in [1.54, 1.807) is 11.3 Å². The average molecular weight is 253 g/mol. The molecular weight excluding hydrogens is 240 g/mol. The van der Waals surface area contributed by atoms with Crippen molar-refractivity contribution in [1.82, 2.24) is 10.3 Å². The number of nitrogens with zero attached hydrogens (tertiary/aromatic N) is 1. The summed E-state index contributed by atoms with van der Waals surface area (Å²) in [5.41, 5.74) is 1.16. The number of thiazole rings is 1. The van der Waals surface area contributed by atoms with E-state index in [1.807, 2.05) is 29.8 Å². The molecule has 1 aromatic heterocycles. The van der Waals surface area contributed by atoms with Crippen LogP contribution in [-0.4, -0.2) is 11.5 Å². The highest BCUT2D eigenvalue weighted by molar-refractivity contribution is 7.09. The molecule has 0 fully saturated rings. The fraction of sp³-hybridized carbons (Fsp3) is 0.250. The molecule has 0 saturated carbocycles. The zero-order valence-electron chi connectivity index (χ0n) is 8.98. The van der Waals surface area contributed by atoms with E-state index in [2.05, 4.69) is 23.3 Å². The van der Waals surface area contributed by atoms with Crippen molar-refractivity contribution in [3.05, 3.63) is 51.4 Å². The van der Waals surface area contributed by atoms with Crippen LogP contribution in [0.3, 0.4) is 0 Å². The van der Waals surface area contributed by atoms with Crippen molar-refractivity contribution in [3.8, 4) is 0 Å². The number of aromatic nitrogens is 1. The lowest BCUT2D eigenvalue weighted by Crippen LogP contribution is -2.21. The van der Waals surface area contributed by atoms with Crippen LogP contribution in [-0.2, 0) is 0 Å². The summed E-state index contributed by atoms with van der Waals surface area (Å²) in [7, 11) is 0. The van der Waals surface area contributed by atoms with E-state index in [0.29, 0.717) is 0 Å². The Morgan fingerprint density at radius 1 is 1.50 bits per heavy atom. The molecule has 4 heteroatoms. The van der Waals surface area contributed by atoms with E-state index in [-0.39, 0.29) is 6.04 Å². The summed E-state index contributed by atoms with van der Waals surface area (Å²) in [6.45, 7) is 2.99. The van der Waals surface area contributed by atoms with Crippen molar-refractivity contribution < 1.29 is 0 Å². The molecule has 1 heterocycles. The number of rotatable bonds is 4. The van der Waals surface area contributed by atoms with Crippen LogP contribution in [0, 0.1) is 0 Å². The van der Waals surface area contributed by atoms with Crippen molar-refractivity contribution in [2.45, 2.75) is 13.0 Å². The van der Waals surface area contributed by atoms with Crippen LogP contribution in [0.25, 0.3) is 0 Å². The number of hydrogen-bond donors (Lipinski definition) is 1. The molecule has 0 radical (unpaired) electrons. The number of nitrogens with one attached hydrogen (secondary N) is 1. The summed E-state index contributed by atoms with van der Waals surface area (Å²) in [5, 5.41) is 7.24. The Labute approximate surface area is 104 Å². The van der Waals surface area contributed by atoms with Gasteiger partial charge in [-0.05, 0) is 24.2 Å². The molecule has 1 atom stereocenters. The summed E-state index contributed by atoms with van der Waals surface area (Å²) < 4.78 is 0. The molecule has 1 aromatic carbocycles. The van der Waals surface area contributed by atoms with E-state index in [4.69, 9.17) is 11.6 Å². The van der Waals surface area contributed by atoms with Crippen LogP contribution in [0.15, 0.2) is 35.8 Å². The molecule has 0 aliphatic rings. The molecule has 0 aliphatic carbocycles. The standard InChI is InChI=1S/C12H13ClN2S/c1-2-14-11(12-15-6-7-16-12)9-4-3-5-10(13)8-9/h3-8,11,14H,2H2,1H3. The third-order valence-corrected chi connectivity index (χ3v) is 3.36. The van der Waals surface area contributed by atoms with E-state index in [0.717, 1.165) is 22.1 Å². The van der Waals surface area contributed by atoms with E-state index >= 15 is 0 Å². The van der Waals surface area contributed by atoms with Gasteiger partial charge in [0.25, 0.3) is 0 Å². The van der Waals surface area contributed by atoms with E-state index < -0.39 is 0 Å². The maximum Gasteiger partial charge on any atom is 0.114 e. The van der Waals surface area contributed by atoms with Crippen molar-refractivity contribution in [3.63, 3.8) is 0 Å². The first-order valence-electron chi connectivity index (χ1n) is 5.19. The molecule has 2 aromatic rings. The second-order valence-electron chi connectivity index (χ2n) is 3.42. The second kappa shape index (κ2) is 5.43. The van der Waals surface area contributed by atoms with Crippen molar-refractivity contribution >= 4 is 22.9 Å². The molecule has 16 heavy (non-hydrogen) atoms. The molecule has 0 aliphatic heterocycles. The minimum absolute atomic E-state index is 0.142. The van der Waals surface area contributed by atoms with E-state index in [9.17, 15) is 0 Å². The quantitative estimate of drug-likeness (QED) is 0.901. The molecule has 0 amide bonds. The van der Waals surface area contributed by atoms with Gasteiger partial charge in [-0.3, -0.25) is 0 Å². The smallest absolute Gasteiger partial charge is 0.114 e. The SMILES string of the molecule is CCNC(c1cccc(Cl)c1)c1nccs1. The maximum atomic E-state index is 6.01. The van der Waals surface area contributed by atoms with Gasteiger partial charge >= 0.3 is 0 Å². The Morgan fingerprint density at radius 2 is 2.38 bits per heavy atom. The average Bonchev–Trinajstić information content (AvgIpc) is 2.79. The molecular formula is C12H13ClN2S. The first-order valence-corrected chi connectivity index (χ1v) is 6.45. The maximum absolute atomic E-state index is 6.01. The molecule has 2 nitrogen and oxygen atoms in total. The highest BCUT2D eigenvalue weighted by Gasteiger charge is 2.15. The minimum atomic E-state index is 0.142. The minimum Gasteiger partial charge on any atom is -0.305 e. The zero-order chi connectivity index (χ0) is 11.4. The number of hydrogen-bond acceptors (Lipinski definition) is 3. The molecule has 84 valence electrons. The Hall–Kier alpha value is -0.900. The second-order valence-corrected chi connectivity index (χ2v) is 4.78. The monoisotopic (exact) mass is 252 g/mol. The highest BCUT2D eigenvalue weighted by atomic mass is 35.5. The Balaban J connectivity index is 2.33. The summed E-state index contributed by atoms with van der Waals surface area (Å²) in [6.07, 6.45) is 1.83. The van der Waals surface area contributed by atoms with Crippen LogP contribution < -0.4 is 5.32 Å². The Morgan fingerprint density at radius 3 is 3.00 bits per heavy atom. The lowest BCUT2D eigenvalue weighted by Gasteiger charge is -2.15. The predicted molar refractivity (Wildman–Crippen MR) is 69.1 cm³/mol. The zero-order valence-corrected chi connectivity index (χ0v) is 10.6. The van der Waals surface area contributed by atoms with Gasteiger partial charge in [-0.1, -0.05) is 30.7 Å². The van der Waals surface area contributed by atoms with Gasteiger partial charge in [0.15, 0.2) is 0 Å². The molecule has 1 unspecified atom stereocenters. The van der Waals surface area contributed by atoms with Gasteiger partial charge in [-0.25, -0.2) is 4.98 Å². The first-order chi connectivity index (χ1) is 7.81. The third kappa shape index (κ3) is 2.61. The molecule has 0 bridgehead atoms. The van der Waals surface area contributed by atoms with Gasteiger partial charge in [0, 0.05) is 16.6 Å². The third-order valence-electron chi connectivity index (χ3n) is 2.29. The van der Waals surface area contributed by atoms with Gasteiger partial charge in [-0.2, -0.15) is 0 Å². The van der Waals surface area contributed by atoms with Crippen molar-refractivity contribution in [2.24, 2.45) is 0 Å². The lowest BCUT2D eigenvalue weighted by atomic mass is 10.1. The fourth-order valence-corrected chi connectivity index (χ4v) is 2.55. The van der Waals surface area contributed by atoms with Crippen LogP contribution in [0.1, 0.15) is 23.5 Å². The summed E-state index contributed by atoms with van der Waals surface area (Å²) in [4.78, 5) is 4.35. The lowest BCUT2D eigenvalue weighted by molar-refractivity contribution is 0.627. The topological polar surface area (TPSA) is 24.9 Å². The Bertz CT molecular complexity index is 442. The van der Waals surface area contributed by atoms with Crippen LogP contribution in [0.4, 0.5) is 0 Å². The number of benzene rings is 1. The molecule has 2 rings (SSSR count). The Kier molecular flexibility index (Phi) is 3.93.